The summed E-state index contributed by atoms with van der Waals surface area (Å²) in [5.41, 5.74) is 3.67. The van der Waals surface area contributed by atoms with Crippen LogP contribution in [-0.4, -0.2) is 55.4 Å². The predicted octanol–water partition coefficient (Wildman–Crippen LogP) is 3.29. The molecule has 1 N–H and O–H groups in total. The normalized spacial score (nSPS) is 16.1. The largest absolute Gasteiger partial charge is 0.491 e. The van der Waals surface area contributed by atoms with Crippen LogP contribution in [0.1, 0.15) is 11.1 Å². The highest BCUT2D eigenvalue weighted by molar-refractivity contribution is 5.47. The summed E-state index contributed by atoms with van der Waals surface area (Å²) >= 11 is 0. The number of anilines is 1. The predicted molar refractivity (Wildman–Crippen MR) is 112 cm³/mol. The molecule has 4 heteroatoms. The van der Waals surface area contributed by atoms with Crippen LogP contribution in [-0.2, 0) is 6.42 Å². The number of para-hydroxylation sites is 1. The highest BCUT2D eigenvalue weighted by Crippen LogP contribution is 2.20. The van der Waals surface area contributed by atoms with E-state index in [9.17, 15) is 5.11 Å². The first-order chi connectivity index (χ1) is 13.2. The molecule has 0 amide bonds. The van der Waals surface area contributed by atoms with Gasteiger partial charge >= 0.3 is 0 Å². The van der Waals surface area contributed by atoms with Crippen LogP contribution in [0.3, 0.4) is 0 Å². The lowest BCUT2D eigenvalue weighted by molar-refractivity contribution is 0.0660. The van der Waals surface area contributed by atoms with E-state index in [1.54, 1.807) is 0 Å². The number of ether oxygens (including phenoxy) is 1. The van der Waals surface area contributed by atoms with Gasteiger partial charge in [0.15, 0.2) is 0 Å². The van der Waals surface area contributed by atoms with Crippen molar-refractivity contribution < 1.29 is 9.84 Å². The molecule has 0 spiro atoms. The molecule has 1 atom stereocenters. The molecule has 1 fully saturated rings. The van der Waals surface area contributed by atoms with Crippen molar-refractivity contribution >= 4 is 5.69 Å². The lowest BCUT2D eigenvalue weighted by atomic mass is 10.1. The molecule has 1 saturated heterocycles. The maximum absolute atomic E-state index is 10.4. The molecule has 3 rings (SSSR count). The Kier molecular flexibility index (Phi) is 6.91. The van der Waals surface area contributed by atoms with Gasteiger partial charge in [-0.1, -0.05) is 42.0 Å². The first-order valence-corrected chi connectivity index (χ1v) is 9.69. The average molecular weight is 367 g/mol. The Balaban J connectivity index is 1.44. The van der Waals surface area contributed by atoms with Gasteiger partial charge in [0, 0.05) is 38.4 Å². The molecule has 27 heavy (non-hydrogen) atoms. The molecule has 0 aromatic heterocycles. The van der Waals surface area contributed by atoms with E-state index >= 15 is 0 Å². The van der Waals surface area contributed by atoms with E-state index in [0.29, 0.717) is 13.2 Å². The van der Waals surface area contributed by atoms with Gasteiger partial charge in [-0.05, 0) is 37.1 Å². The molecule has 144 valence electrons. The first-order valence-electron chi connectivity index (χ1n) is 9.69. The molecule has 2 aromatic rings. The number of hydrogen-bond donors (Lipinski definition) is 1. The number of benzene rings is 2. The van der Waals surface area contributed by atoms with Gasteiger partial charge in [-0.25, -0.2) is 0 Å². The van der Waals surface area contributed by atoms with Gasteiger partial charge in [-0.2, -0.15) is 0 Å². The maximum Gasteiger partial charge on any atom is 0.122 e. The summed E-state index contributed by atoms with van der Waals surface area (Å²) in [7, 11) is 0. The number of aliphatic hydroxyl groups is 1. The zero-order chi connectivity index (χ0) is 19.1. The third kappa shape index (κ3) is 5.59. The minimum Gasteiger partial charge on any atom is -0.491 e. The van der Waals surface area contributed by atoms with Crippen molar-refractivity contribution in [3.05, 3.63) is 72.3 Å². The van der Waals surface area contributed by atoms with Crippen molar-refractivity contribution in [3.8, 4) is 5.75 Å². The van der Waals surface area contributed by atoms with Crippen molar-refractivity contribution in [3.63, 3.8) is 0 Å². The number of piperazine rings is 1. The number of aliphatic hydroxyl groups excluding tert-OH is 1. The van der Waals surface area contributed by atoms with Crippen LogP contribution in [0.25, 0.3) is 0 Å². The lowest BCUT2D eigenvalue weighted by Crippen LogP contribution is -2.49. The van der Waals surface area contributed by atoms with Gasteiger partial charge < -0.3 is 14.7 Å². The Bertz CT molecular complexity index is 721. The van der Waals surface area contributed by atoms with Gasteiger partial charge in [0.05, 0.1) is 0 Å². The summed E-state index contributed by atoms with van der Waals surface area (Å²) in [6.45, 7) is 10.7. The number of hydrogen-bond acceptors (Lipinski definition) is 4. The van der Waals surface area contributed by atoms with Crippen LogP contribution in [0, 0.1) is 6.92 Å². The van der Waals surface area contributed by atoms with E-state index in [1.807, 2.05) is 30.3 Å². The minimum atomic E-state index is -0.493. The van der Waals surface area contributed by atoms with Gasteiger partial charge in [-0.3, -0.25) is 4.90 Å². The molecule has 1 heterocycles. The van der Waals surface area contributed by atoms with E-state index in [-0.39, 0.29) is 0 Å². The summed E-state index contributed by atoms with van der Waals surface area (Å²) in [6.07, 6.45) is 2.15. The Morgan fingerprint density at radius 2 is 1.78 bits per heavy atom. The van der Waals surface area contributed by atoms with E-state index in [4.69, 9.17) is 4.74 Å². The average Bonchev–Trinajstić information content (AvgIpc) is 2.69. The van der Waals surface area contributed by atoms with E-state index in [2.05, 4.69) is 47.6 Å². The molecular formula is C23H30N2O2. The van der Waals surface area contributed by atoms with Gasteiger partial charge in [0.1, 0.15) is 18.5 Å². The number of rotatable bonds is 8. The van der Waals surface area contributed by atoms with Crippen LogP contribution in [0.4, 0.5) is 5.69 Å². The number of β-amino-alcohol motifs (C(OH)–C–C–N with tert-alkyl or cyclic N) is 1. The van der Waals surface area contributed by atoms with Gasteiger partial charge in [0.2, 0.25) is 0 Å². The highest BCUT2D eigenvalue weighted by Gasteiger charge is 2.20. The number of allylic oxidation sites excluding steroid dienone is 1. The quantitative estimate of drug-likeness (QED) is 0.728. The first kappa shape index (κ1) is 19.5. The molecule has 1 aliphatic heterocycles. The van der Waals surface area contributed by atoms with Crippen molar-refractivity contribution in [2.24, 2.45) is 0 Å². The van der Waals surface area contributed by atoms with E-state index < -0.39 is 6.10 Å². The van der Waals surface area contributed by atoms with Crippen molar-refractivity contribution in [1.29, 1.82) is 0 Å². The van der Waals surface area contributed by atoms with Gasteiger partial charge in [0.25, 0.3) is 0 Å². The fraction of sp³-hybridized carbons (Fsp3) is 0.391. The van der Waals surface area contributed by atoms with Crippen LogP contribution in [0.2, 0.25) is 0 Å². The summed E-state index contributed by atoms with van der Waals surface area (Å²) in [4.78, 5) is 4.72. The third-order valence-corrected chi connectivity index (χ3v) is 5.01. The minimum absolute atomic E-state index is 0.312. The molecule has 0 saturated carbocycles. The Morgan fingerprint density at radius 3 is 2.48 bits per heavy atom. The van der Waals surface area contributed by atoms with Crippen LogP contribution in [0.5, 0.6) is 5.75 Å². The summed E-state index contributed by atoms with van der Waals surface area (Å²) < 4.78 is 5.86. The molecular weight excluding hydrogens is 336 g/mol. The van der Waals surface area contributed by atoms with E-state index in [0.717, 1.165) is 43.9 Å². The van der Waals surface area contributed by atoms with Crippen LogP contribution < -0.4 is 9.64 Å². The number of nitrogens with zero attached hydrogens (tertiary/aromatic N) is 2. The standard InChI is InChI=1S/C23H30N2O2/c1-3-6-20-7-4-5-8-23(20)27-18-22(26)17-24-13-15-25(16-14-24)21-11-9-19(2)10-12-21/h3-5,7-12,22,26H,1,6,13-18H2,2H3/t22-/m1/s1. The van der Waals surface area contributed by atoms with Gasteiger partial charge in [-0.15, -0.1) is 6.58 Å². The molecule has 1 aliphatic rings. The zero-order valence-corrected chi connectivity index (χ0v) is 16.2. The fourth-order valence-electron chi connectivity index (χ4n) is 3.45. The molecule has 0 unspecified atom stereocenters. The third-order valence-electron chi connectivity index (χ3n) is 5.01. The maximum atomic E-state index is 10.4. The molecule has 2 aromatic carbocycles. The highest BCUT2D eigenvalue weighted by atomic mass is 16.5. The van der Waals surface area contributed by atoms with Crippen molar-refractivity contribution in [2.45, 2.75) is 19.4 Å². The SMILES string of the molecule is C=CCc1ccccc1OC[C@H](O)CN1CCN(c2ccc(C)cc2)CC1. The second-order valence-electron chi connectivity index (χ2n) is 7.19. The van der Waals surface area contributed by atoms with Crippen LogP contribution in [0.15, 0.2) is 61.2 Å². The lowest BCUT2D eigenvalue weighted by Gasteiger charge is -2.37. The van der Waals surface area contributed by atoms with Crippen LogP contribution >= 0.6 is 0 Å². The Morgan fingerprint density at radius 1 is 1.07 bits per heavy atom. The monoisotopic (exact) mass is 366 g/mol. The number of aryl methyl sites for hydroxylation is 1. The summed E-state index contributed by atoms with van der Waals surface area (Å²) in [5, 5.41) is 10.4. The molecule has 0 radical (unpaired) electrons. The second-order valence-corrected chi connectivity index (χ2v) is 7.19. The molecule has 0 bridgehead atoms. The topological polar surface area (TPSA) is 35.9 Å². The van der Waals surface area contributed by atoms with Crippen molar-refractivity contribution in [1.82, 2.24) is 4.90 Å². The smallest absolute Gasteiger partial charge is 0.122 e. The summed E-state index contributed by atoms with van der Waals surface area (Å²) in [5.74, 6) is 0.834. The Labute approximate surface area is 162 Å². The molecule has 4 nitrogen and oxygen atoms in total. The Hall–Kier alpha value is -2.30. The van der Waals surface area contributed by atoms with Crippen molar-refractivity contribution in [2.75, 3.05) is 44.2 Å². The second kappa shape index (κ2) is 9.58. The summed E-state index contributed by atoms with van der Waals surface area (Å²) in [6, 6.07) is 16.6. The van der Waals surface area contributed by atoms with E-state index in [1.165, 1.54) is 11.3 Å². The zero-order valence-electron chi connectivity index (χ0n) is 16.2. The molecule has 0 aliphatic carbocycles. The fourth-order valence-corrected chi connectivity index (χ4v) is 3.45.